The number of benzene rings is 2. The third-order valence-electron chi connectivity index (χ3n) is 6.55. The molecule has 0 aliphatic rings. The van der Waals surface area contributed by atoms with Gasteiger partial charge in [-0.05, 0) is 77.5 Å². The highest BCUT2D eigenvalue weighted by atomic mass is 79.9. The molecule has 5 nitrogen and oxygen atoms in total. The molecule has 0 aliphatic carbocycles. The molecule has 2 aromatic carbocycles. The molecular weight excluding hydrogens is 557 g/mol. The molecule has 36 heavy (non-hydrogen) atoms. The molecule has 0 aliphatic heterocycles. The van der Waals surface area contributed by atoms with E-state index in [0.29, 0.717) is 18.4 Å². The fraction of sp³-hybridized carbons (Fsp3) is 0.333. The molecule has 4 aromatic rings. The minimum Gasteiger partial charge on any atom is -0.356 e. The van der Waals surface area contributed by atoms with Gasteiger partial charge < -0.3 is 4.52 Å². The summed E-state index contributed by atoms with van der Waals surface area (Å²) < 4.78 is 32.6. The van der Waals surface area contributed by atoms with Crippen molar-refractivity contribution in [1.29, 1.82) is 0 Å². The van der Waals surface area contributed by atoms with Crippen molar-refractivity contribution in [3.8, 4) is 11.3 Å². The average molecular weight is 589 g/mol. The summed E-state index contributed by atoms with van der Waals surface area (Å²) in [4.78, 5) is 4.55. The molecule has 0 fully saturated rings. The van der Waals surface area contributed by atoms with Gasteiger partial charge in [-0.15, -0.1) is 0 Å². The van der Waals surface area contributed by atoms with Crippen LogP contribution in [-0.2, 0) is 17.4 Å². The van der Waals surface area contributed by atoms with Gasteiger partial charge in [0.05, 0.1) is 23.8 Å². The quantitative estimate of drug-likeness (QED) is 0.189. The van der Waals surface area contributed by atoms with Crippen LogP contribution < -0.4 is 10.3 Å². The fourth-order valence-electron chi connectivity index (χ4n) is 4.57. The first-order valence-corrected chi connectivity index (χ1v) is 17.3. The zero-order valence-electron chi connectivity index (χ0n) is 21.1. The fourth-order valence-corrected chi connectivity index (χ4v) is 6.93. The summed E-state index contributed by atoms with van der Waals surface area (Å²) in [5.74, 6) is -0.383. The van der Waals surface area contributed by atoms with Crippen LogP contribution >= 0.6 is 15.9 Å². The van der Waals surface area contributed by atoms with E-state index in [2.05, 4.69) is 51.8 Å². The molecule has 0 radical (unpaired) electrons. The molecule has 190 valence electrons. The molecule has 2 heterocycles. The van der Waals surface area contributed by atoms with Gasteiger partial charge in [0.25, 0.3) is 0 Å². The first-order valence-electron chi connectivity index (χ1n) is 11.8. The van der Waals surface area contributed by atoms with Gasteiger partial charge in [-0.3, -0.25) is 5.14 Å². The smallest absolute Gasteiger partial charge is 0.167 e. The number of halogens is 2. The lowest BCUT2D eigenvalue weighted by atomic mass is 9.83. The molecular formula is C27H31BrFN3O2SSi. The summed E-state index contributed by atoms with van der Waals surface area (Å²) in [6.07, 6.45) is 1.08. The lowest BCUT2D eigenvalue weighted by Gasteiger charge is -2.29. The highest BCUT2D eigenvalue weighted by Gasteiger charge is 2.32. The molecule has 2 atom stereocenters. The van der Waals surface area contributed by atoms with Gasteiger partial charge in [-0.2, -0.15) is 0 Å². The number of nitrogens with zero attached hydrogens (tertiary/aromatic N) is 2. The van der Waals surface area contributed by atoms with Crippen LogP contribution in [0.2, 0.25) is 19.6 Å². The topological polar surface area (TPSA) is 82.0 Å². The van der Waals surface area contributed by atoms with Gasteiger partial charge in [0.15, 0.2) is 11.4 Å². The van der Waals surface area contributed by atoms with Crippen LogP contribution in [0.25, 0.3) is 22.2 Å². The van der Waals surface area contributed by atoms with Crippen molar-refractivity contribution in [2.24, 2.45) is 5.14 Å². The lowest BCUT2D eigenvalue weighted by molar-refractivity contribution is 0.459. The summed E-state index contributed by atoms with van der Waals surface area (Å²) in [7, 11) is -3.49. The van der Waals surface area contributed by atoms with Crippen LogP contribution in [0.15, 0.2) is 63.7 Å². The van der Waals surface area contributed by atoms with Crippen molar-refractivity contribution >= 4 is 51.1 Å². The number of aromatic nitrogens is 2. The standard InChI is InChI=1S/C27H31BrFN3O2SSi/c1-27(2,35(30)33)16-17(14-18-15-23(36(3,4)5)24(29)26(28)31-18)19-10-6-7-11-20(19)25-21-12-8-9-13-22(21)34-32-25/h6-13,15,17H,14,16,30H2,1-5H3/t17-,35?/m0/s1. The maximum absolute atomic E-state index is 15.0. The van der Waals surface area contributed by atoms with Crippen molar-refractivity contribution in [2.75, 3.05) is 0 Å². The van der Waals surface area contributed by atoms with Gasteiger partial charge in [-0.1, -0.05) is 61.2 Å². The van der Waals surface area contributed by atoms with Crippen molar-refractivity contribution in [3.63, 3.8) is 0 Å². The summed E-state index contributed by atoms with van der Waals surface area (Å²) in [5.41, 5.74) is 4.23. The van der Waals surface area contributed by atoms with Gasteiger partial charge >= 0.3 is 0 Å². The van der Waals surface area contributed by atoms with Crippen molar-refractivity contribution in [3.05, 3.63) is 76.3 Å². The summed E-state index contributed by atoms with van der Waals surface area (Å²) in [5, 5.41) is 11.9. The van der Waals surface area contributed by atoms with E-state index in [1.54, 1.807) is 0 Å². The van der Waals surface area contributed by atoms with Crippen molar-refractivity contribution < 1.29 is 13.1 Å². The second kappa shape index (κ2) is 10.3. The Morgan fingerprint density at radius 1 is 1.14 bits per heavy atom. The number of para-hydroxylation sites is 1. The molecule has 0 amide bonds. The van der Waals surface area contributed by atoms with Crippen LogP contribution in [0.4, 0.5) is 4.39 Å². The van der Waals surface area contributed by atoms with Gasteiger partial charge in [0.2, 0.25) is 0 Å². The van der Waals surface area contributed by atoms with Crippen LogP contribution in [0, 0.1) is 5.82 Å². The van der Waals surface area contributed by atoms with Gasteiger partial charge in [-0.25, -0.2) is 13.6 Å². The third-order valence-corrected chi connectivity index (χ3v) is 10.3. The molecule has 1 unspecified atom stereocenters. The van der Waals surface area contributed by atoms with Gasteiger partial charge in [0.1, 0.15) is 10.3 Å². The number of rotatable bonds is 8. The summed E-state index contributed by atoms with van der Waals surface area (Å²) in [6.45, 7) is 10.2. The largest absolute Gasteiger partial charge is 0.356 e. The van der Waals surface area contributed by atoms with E-state index in [4.69, 9.17) is 9.66 Å². The zero-order chi connectivity index (χ0) is 26.3. The first-order chi connectivity index (χ1) is 16.9. The maximum Gasteiger partial charge on any atom is 0.167 e. The second-order valence-corrected chi connectivity index (χ2v) is 18.3. The Balaban J connectivity index is 1.86. The van der Waals surface area contributed by atoms with E-state index < -0.39 is 23.8 Å². The predicted octanol–water partition coefficient (Wildman–Crippen LogP) is 6.45. The second-order valence-electron chi connectivity index (χ2n) is 10.8. The van der Waals surface area contributed by atoms with Crippen LogP contribution in [-0.4, -0.2) is 27.2 Å². The minimum absolute atomic E-state index is 0.0986. The Morgan fingerprint density at radius 2 is 1.81 bits per heavy atom. The molecule has 9 heteroatoms. The predicted molar refractivity (Wildman–Crippen MR) is 152 cm³/mol. The Bertz CT molecular complexity index is 1430. The first kappa shape index (κ1) is 26.8. The highest BCUT2D eigenvalue weighted by molar-refractivity contribution is 9.10. The van der Waals surface area contributed by atoms with Crippen molar-refractivity contribution in [2.45, 2.75) is 57.0 Å². The van der Waals surface area contributed by atoms with E-state index in [0.717, 1.165) is 33.1 Å². The van der Waals surface area contributed by atoms with Crippen LogP contribution in [0.3, 0.4) is 0 Å². The van der Waals surface area contributed by atoms with Crippen LogP contribution in [0.1, 0.15) is 37.4 Å². The van der Waals surface area contributed by atoms with E-state index >= 15 is 0 Å². The SMILES string of the molecule is CC(C)(C[C@H](Cc1cc([Si](C)(C)C)c(F)c(Br)n1)c1ccccc1-c1noc2ccccc12)S(N)=O. The van der Waals surface area contributed by atoms with E-state index in [1.807, 2.05) is 62.4 Å². The van der Waals surface area contributed by atoms with E-state index in [1.165, 1.54) is 0 Å². The summed E-state index contributed by atoms with van der Waals surface area (Å²) >= 11 is 3.34. The average Bonchev–Trinajstić information content (AvgIpc) is 3.24. The van der Waals surface area contributed by atoms with Crippen molar-refractivity contribution in [1.82, 2.24) is 10.1 Å². The number of hydrogen-bond acceptors (Lipinski definition) is 4. The molecule has 0 saturated carbocycles. The molecule has 2 aromatic heterocycles. The molecule has 0 bridgehead atoms. The van der Waals surface area contributed by atoms with Crippen LogP contribution in [0.5, 0.6) is 0 Å². The Labute approximate surface area is 223 Å². The molecule has 4 rings (SSSR count). The molecule has 0 spiro atoms. The molecule has 2 N–H and O–H groups in total. The molecule has 0 saturated heterocycles. The monoisotopic (exact) mass is 587 g/mol. The normalized spacial score (nSPS) is 14.2. The maximum atomic E-state index is 15.0. The Hall–Kier alpha value is -2.20. The Kier molecular flexibility index (Phi) is 7.67. The van der Waals surface area contributed by atoms with E-state index in [9.17, 15) is 8.60 Å². The van der Waals surface area contributed by atoms with Gasteiger partial charge in [0, 0.05) is 16.6 Å². The third kappa shape index (κ3) is 5.54. The number of fused-ring (bicyclic) bond motifs is 1. The number of pyridine rings is 1. The zero-order valence-corrected chi connectivity index (χ0v) is 24.5. The highest BCUT2D eigenvalue weighted by Crippen LogP contribution is 2.39. The minimum atomic E-state index is -1.96. The number of nitrogens with two attached hydrogens (primary N) is 1. The van der Waals surface area contributed by atoms with E-state index in [-0.39, 0.29) is 16.3 Å². The summed E-state index contributed by atoms with van der Waals surface area (Å²) in [6, 6.07) is 17.7. The number of hydrogen-bond donors (Lipinski definition) is 1. The Morgan fingerprint density at radius 3 is 2.50 bits per heavy atom. The lowest BCUT2D eigenvalue weighted by Crippen LogP contribution is -2.41.